The van der Waals surface area contributed by atoms with Crippen LogP contribution in [0.2, 0.25) is 10.0 Å². The van der Waals surface area contributed by atoms with Gasteiger partial charge in [0, 0.05) is 11.2 Å². The average molecular weight is 350 g/mol. The number of benzene rings is 1. The van der Waals surface area contributed by atoms with Crippen molar-refractivity contribution < 1.29 is 4.74 Å². The molecule has 0 unspecified atom stereocenters. The molecule has 0 fully saturated rings. The summed E-state index contributed by atoms with van der Waals surface area (Å²) in [7, 11) is 0. The number of aromatic amines is 1. The summed E-state index contributed by atoms with van der Waals surface area (Å²) in [4.78, 5) is 23.0. The van der Waals surface area contributed by atoms with Crippen molar-refractivity contribution in [3.8, 4) is 0 Å². The predicted octanol–water partition coefficient (Wildman–Crippen LogP) is 3.38. The zero-order chi connectivity index (χ0) is 16.2. The second-order valence-corrected chi connectivity index (χ2v) is 5.84. The van der Waals surface area contributed by atoms with Gasteiger partial charge in [-0.05, 0) is 30.2 Å². The summed E-state index contributed by atoms with van der Waals surface area (Å²) in [6, 6.07) is 9.15. The number of pyridine rings is 1. The van der Waals surface area contributed by atoms with E-state index in [-0.39, 0.29) is 12.2 Å². The molecule has 0 bridgehead atoms. The monoisotopic (exact) mass is 349 g/mol. The average Bonchev–Trinajstić information content (AvgIpc) is 2.52. The number of aromatic nitrogens is 3. The Morgan fingerprint density at radius 3 is 2.87 bits per heavy atom. The fourth-order valence-electron chi connectivity index (χ4n) is 2.16. The van der Waals surface area contributed by atoms with E-state index in [9.17, 15) is 4.79 Å². The molecule has 0 aliphatic heterocycles. The van der Waals surface area contributed by atoms with E-state index in [4.69, 9.17) is 27.9 Å². The van der Waals surface area contributed by atoms with Crippen LogP contribution in [-0.4, -0.2) is 21.6 Å². The topological polar surface area (TPSA) is 67.9 Å². The number of hydrogen-bond donors (Lipinski definition) is 1. The van der Waals surface area contributed by atoms with Crippen LogP contribution in [0.3, 0.4) is 0 Å². The molecule has 5 nitrogen and oxygen atoms in total. The molecule has 3 aromatic rings. The molecule has 0 amide bonds. The third kappa shape index (κ3) is 4.07. The summed E-state index contributed by atoms with van der Waals surface area (Å²) in [5, 5.41) is 1.46. The van der Waals surface area contributed by atoms with E-state index in [0.29, 0.717) is 33.5 Å². The number of H-pyrrole nitrogens is 1. The number of rotatable bonds is 5. The molecular weight excluding hydrogens is 337 g/mol. The summed E-state index contributed by atoms with van der Waals surface area (Å²) >= 11 is 11.8. The van der Waals surface area contributed by atoms with Gasteiger partial charge in [0.15, 0.2) is 5.65 Å². The molecule has 23 heavy (non-hydrogen) atoms. The Labute approximate surface area is 142 Å². The molecule has 0 saturated carbocycles. The van der Waals surface area contributed by atoms with Crippen molar-refractivity contribution in [2.45, 2.75) is 13.0 Å². The fourth-order valence-corrected chi connectivity index (χ4v) is 2.53. The first-order valence-electron chi connectivity index (χ1n) is 6.98. The first kappa shape index (κ1) is 15.9. The minimum Gasteiger partial charge on any atom is -0.373 e. The van der Waals surface area contributed by atoms with E-state index in [1.807, 2.05) is 24.3 Å². The van der Waals surface area contributed by atoms with Crippen molar-refractivity contribution in [3.63, 3.8) is 0 Å². The highest BCUT2D eigenvalue weighted by atomic mass is 35.5. The van der Waals surface area contributed by atoms with E-state index in [1.165, 1.54) is 6.20 Å². The van der Waals surface area contributed by atoms with Crippen molar-refractivity contribution in [1.82, 2.24) is 15.0 Å². The van der Waals surface area contributed by atoms with Gasteiger partial charge in [0.2, 0.25) is 0 Å². The number of ether oxygens (including phenoxy) is 1. The van der Waals surface area contributed by atoms with Crippen LogP contribution < -0.4 is 5.56 Å². The van der Waals surface area contributed by atoms with Gasteiger partial charge in [0.1, 0.15) is 12.4 Å². The number of halogens is 2. The SMILES string of the molecule is O=c1[nH]c(COCCc2cccc(Cl)c2)nc2ncc(Cl)cc12. The summed E-state index contributed by atoms with van der Waals surface area (Å²) in [6.07, 6.45) is 2.19. The maximum Gasteiger partial charge on any atom is 0.260 e. The fraction of sp³-hybridized carbons (Fsp3) is 0.188. The highest BCUT2D eigenvalue weighted by Gasteiger charge is 2.06. The van der Waals surface area contributed by atoms with Crippen LogP contribution in [0.25, 0.3) is 11.0 Å². The van der Waals surface area contributed by atoms with Gasteiger partial charge in [-0.2, -0.15) is 0 Å². The highest BCUT2D eigenvalue weighted by molar-refractivity contribution is 6.31. The summed E-state index contributed by atoms with van der Waals surface area (Å²) in [5.74, 6) is 0.434. The van der Waals surface area contributed by atoms with Crippen LogP contribution in [-0.2, 0) is 17.8 Å². The van der Waals surface area contributed by atoms with E-state index in [2.05, 4.69) is 15.0 Å². The van der Waals surface area contributed by atoms with E-state index < -0.39 is 0 Å². The maximum atomic E-state index is 12.0. The van der Waals surface area contributed by atoms with Gasteiger partial charge in [-0.15, -0.1) is 0 Å². The lowest BCUT2D eigenvalue weighted by Crippen LogP contribution is -2.14. The first-order chi connectivity index (χ1) is 11.1. The molecule has 1 aromatic carbocycles. The van der Waals surface area contributed by atoms with Gasteiger partial charge in [-0.3, -0.25) is 4.79 Å². The molecule has 0 atom stereocenters. The molecule has 1 N–H and O–H groups in total. The Balaban J connectivity index is 1.63. The van der Waals surface area contributed by atoms with Gasteiger partial charge in [-0.25, -0.2) is 9.97 Å². The lowest BCUT2D eigenvalue weighted by molar-refractivity contribution is 0.118. The third-order valence-electron chi connectivity index (χ3n) is 3.24. The van der Waals surface area contributed by atoms with Gasteiger partial charge in [-0.1, -0.05) is 35.3 Å². The zero-order valence-corrected chi connectivity index (χ0v) is 13.6. The van der Waals surface area contributed by atoms with Crippen LogP contribution in [0.1, 0.15) is 11.4 Å². The molecule has 0 aliphatic rings. The van der Waals surface area contributed by atoms with Crippen LogP contribution >= 0.6 is 23.2 Å². The van der Waals surface area contributed by atoms with E-state index >= 15 is 0 Å². The maximum absolute atomic E-state index is 12.0. The number of hydrogen-bond acceptors (Lipinski definition) is 4. The Morgan fingerprint density at radius 1 is 1.17 bits per heavy atom. The molecule has 0 radical (unpaired) electrons. The van der Waals surface area contributed by atoms with Crippen LogP contribution in [0.4, 0.5) is 0 Å². The molecule has 118 valence electrons. The lowest BCUT2D eigenvalue weighted by Gasteiger charge is -2.05. The Kier molecular flexibility index (Phi) is 4.91. The smallest absolute Gasteiger partial charge is 0.260 e. The zero-order valence-electron chi connectivity index (χ0n) is 12.1. The van der Waals surface area contributed by atoms with Crippen molar-refractivity contribution in [1.29, 1.82) is 0 Å². The number of nitrogens with zero attached hydrogens (tertiary/aromatic N) is 2. The number of nitrogens with one attached hydrogen (secondary N) is 1. The Bertz CT molecular complexity index is 896. The van der Waals surface area contributed by atoms with Gasteiger partial charge >= 0.3 is 0 Å². The molecular formula is C16H13Cl2N3O2. The van der Waals surface area contributed by atoms with Crippen LogP contribution in [0, 0.1) is 0 Å². The summed E-state index contributed by atoms with van der Waals surface area (Å²) in [5.41, 5.74) is 1.17. The van der Waals surface area contributed by atoms with Crippen LogP contribution in [0.5, 0.6) is 0 Å². The highest BCUT2D eigenvalue weighted by Crippen LogP contribution is 2.12. The summed E-state index contributed by atoms with van der Waals surface area (Å²) in [6.45, 7) is 0.701. The predicted molar refractivity (Wildman–Crippen MR) is 90.0 cm³/mol. The molecule has 7 heteroatoms. The number of fused-ring (bicyclic) bond motifs is 1. The van der Waals surface area contributed by atoms with Crippen molar-refractivity contribution in [3.05, 3.63) is 68.3 Å². The van der Waals surface area contributed by atoms with Crippen LogP contribution in [0.15, 0.2) is 41.3 Å². The second kappa shape index (κ2) is 7.08. The quantitative estimate of drug-likeness (QED) is 0.717. The Morgan fingerprint density at radius 2 is 2.04 bits per heavy atom. The molecule has 0 saturated heterocycles. The summed E-state index contributed by atoms with van der Waals surface area (Å²) < 4.78 is 5.56. The first-order valence-corrected chi connectivity index (χ1v) is 7.74. The minimum atomic E-state index is -0.279. The van der Waals surface area contributed by atoms with E-state index in [0.717, 1.165) is 12.0 Å². The van der Waals surface area contributed by atoms with Crippen molar-refractivity contribution in [2.24, 2.45) is 0 Å². The molecule has 2 heterocycles. The molecule has 0 aliphatic carbocycles. The standard InChI is InChI=1S/C16H13Cl2N3O2/c17-11-3-1-2-10(6-11)4-5-23-9-14-20-15-13(16(22)21-14)7-12(18)8-19-15/h1-3,6-8H,4-5,9H2,(H,19,20,21,22). The lowest BCUT2D eigenvalue weighted by atomic mass is 10.2. The van der Waals surface area contributed by atoms with Crippen molar-refractivity contribution in [2.75, 3.05) is 6.61 Å². The molecule has 0 spiro atoms. The molecule has 2 aromatic heterocycles. The minimum absolute atomic E-state index is 0.204. The molecule has 3 rings (SSSR count). The third-order valence-corrected chi connectivity index (χ3v) is 3.68. The van der Waals surface area contributed by atoms with Gasteiger partial charge in [0.25, 0.3) is 5.56 Å². The van der Waals surface area contributed by atoms with Crippen molar-refractivity contribution >= 4 is 34.2 Å². The largest absolute Gasteiger partial charge is 0.373 e. The normalized spacial score (nSPS) is 11.0. The van der Waals surface area contributed by atoms with Gasteiger partial charge in [0.05, 0.1) is 17.0 Å². The second-order valence-electron chi connectivity index (χ2n) is 4.97. The van der Waals surface area contributed by atoms with E-state index in [1.54, 1.807) is 6.07 Å². The van der Waals surface area contributed by atoms with Gasteiger partial charge < -0.3 is 9.72 Å². The Hall–Kier alpha value is -1.95.